The molecule has 0 aliphatic rings. The van der Waals surface area contributed by atoms with Gasteiger partial charge < -0.3 is 5.73 Å². The molecule has 0 bridgehead atoms. The molecule has 0 amide bonds. The number of hydrogen-bond donors (Lipinski definition) is 1. The fourth-order valence-electron chi connectivity index (χ4n) is 2.11. The summed E-state index contributed by atoms with van der Waals surface area (Å²) in [5, 5.41) is 0.544. The minimum Gasteiger partial charge on any atom is -0.369 e. The summed E-state index contributed by atoms with van der Waals surface area (Å²) in [7, 11) is 0. The van der Waals surface area contributed by atoms with Gasteiger partial charge in [0, 0.05) is 12.4 Å². The van der Waals surface area contributed by atoms with Crippen LogP contribution >= 0.6 is 11.6 Å². The Hall–Kier alpha value is -2.14. The van der Waals surface area contributed by atoms with Crippen molar-refractivity contribution in [2.75, 3.05) is 5.73 Å². The minimum absolute atomic E-state index is 0.0418. The Labute approximate surface area is 115 Å². The Balaban J connectivity index is 2.17. The molecule has 3 rings (SSSR count). The van der Waals surface area contributed by atoms with Gasteiger partial charge in [-0.15, -0.1) is 0 Å². The molecule has 0 saturated heterocycles. The Kier molecular flexibility index (Phi) is 2.83. The molecule has 19 heavy (non-hydrogen) atoms. The summed E-state index contributed by atoms with van der Waals surface area (Å²) in [5.41, 5.74) is 8.29. The zero-order valence-electron chi connectivity index (χ0n) is 10.3. The maximum Gasteiger partial charge on any atom is 0.203 e. The van der Waals surface area contributed by atoms with Crippen LogP contribution in [0.3, 0.4) is 0 Å². The first kappa shape index (κ1) is 11.9. The van der Waals surface area contributed by atoms with Crippen molar-refractivity contribution in [1.29, 1.82) is 0 Å². The molecule has 2 N–H and O–H groups in total. The Morgan fingerprint density at radius 2 is 2.16 bits per heavy atom. The summed E-state index contributed by atoms with van der Waals surface area (Å²) in [6, 6.07) is 7.48. The van der Waals surface area contributed by atoms with Gasteiger partial charge in [0.2, 0.25) is 5.95 Å². The second-order valence-corrected chi connectivity index (χ2v) is 4.70. The fourth-order valence-corrected chi connectivity index (χ4v) is 2.26. The zero-order valence-corrected chi connectivity index (χ0v) is 11.0. The number of aromatic nitrogens is 4. The summed E-state index contributed by atoms with van der Waals surface area (Å²) in [4.78, 5) is 12.9. The van der Waals surface area contributed by atoms with Crippen LogP contribution in [0.5, 0.6) is 0 Å². The predicted octanol–water partition coefficient (Wildman–Crippen LogP) is 2.67. The molecule has 96 valence electrons. The predicted molar refractivity (Wildman–Crippen MR) is 75.0 cm³/mol. The third-order valence-corrected chi connectivity index (χ3v) is 3.23. The molecule has 3 aromatic rings. The molecule has 0 fully saturated rings. The van der Waals surface area contributed by atoms with Gasteiger partial charge in [-0.25, -0.2) is 9.97 Å². The topological polar surface area (TPSA) is 69.6 Å². The summed E-state index contributed by atoms with van der Waals surface area (Å²) >= 11 is 5.91. The van der Waals surface area contributed by atoms with Gasteiger partial charge in [-0.1, -0.05) is 17.7 Å². The van der Waals surface area contributed by atoms with E-state index < -0.39 is 0 Å². The van der Waals surface area contributed by atoms with E-state index in [1.807, 2.05) is 29.7 Å². The van der Waals surface area contributed by atoms with Crippen molar-refractivity contribution in [2.45, 2.75) is 13.0 Å². The van der Waals surface area contributed by atoms with Crippen LogP contribution in [0.4, 0.5) is 5.95 Å². The van der Waals surface area contributed by atoms with Crippen LogP contribution in [0.15, 0.2) is 36.7 Å². The van der Waals surface area contributed by atoms with Gasteiger partial charge in [-0.2, -0.15) is 0 Å². The van der Waals surface area contributed by atoms with E-state index in [1.54, 1.807) is 18.5 Å². The molecular formula is C13H12ClN5. The van der Waals surface area contributed by atoms with Crippen LogP contribution < -0.4 is 5.73 Å². The Morgan fingerprint density at radius 3 is 2.89 bits per heavy atom. The molecule has 0 aliphatic carbocycles. The number of nitrogens with zero attached hydrogens (tertiary/aromatic N) is 4. The van der Waals surface area contributed by atoms with E-state index in [2.05, 4.69) is 15.0 Å². The van der Waals surface area contributed by atoms with Gasteiger partial charge in [0.25, 0.3) is 0 Å². The molecule has 0 spiro atoms. The van der Waals surface area contributed by atoms with E-state index in [4.69, 9.17) is 17.3 Å². The van der Waals surface area contributed by atoms with Gasteiger partial charge in [0.15, 0.2) is 5.65 Å². The average molecular weight is 274 g/mol. The molecule has 0 aliphatic heterocycles. The lowest BCUT2D eigenvalue weighted by molar-refractivity contribution is 0.642. The molecule has 1 unspecified atom stereocenters. The van der Waals surface area contributed by atoms with E-state index >= 15 is 0 Å². The number of rotatable bonds is 2. The van der Waals surface area contributed by atoms with Crippen LogP contribution in [0, 0.1) is 0 Å². The molecule has 0 aromatic carbocycles. The molecule has 3 heterocycles. The molecular weight excluding hydrogens is 262 g/mol. The van der Waals surface area contributed by atoms with Crippen LogP contribution in [0.25, 0.3) is 11.2 Å². The standard InChI is InChI=1S/C13H12ClN5/c1-8(10-4-2-3-5-16-10)19-12-11(18-13(19)15)6-9(14)7-17-12/h2-8H,1H3,(H2,15,18). The van der Waals surface area contributed by atoms with Crippen molar-refractivity contribution in [3.8, 4) is 0 Å². The van der Waals surface area contributed by atoms with Crippen molar-refractivity contribution in [2.24, 2.45) is 0 Å². The number of nitrogens with two attached hydrogens (primary N) is 1. The average Bonchev–Trinajstić information content (AvgIpc) is 2.74. The van der Waals surface area contributed by atoms with E-state index in [0.717, 1.165) is 5.69 Å². The monoisotopic (exact) mass is 273 g/mol. The number of anilines is 1. The van der Waals surface area contributed by atoms with Crippen LogP contribution in [-0.2, 0) is 0 Å². The van der Waals surface area contributed by atoms with Crippen molar-refractivity contribution in [1.82, 2.24) is 19.5 Å². The number of pyridine rings is 2. The molecule has 6 heteroatoms. The third kappa shape index (κ3) is 2.02. The van der Waals surface area contributed by atoms with Gasteiger partial charge in [0.05, 0.1) is 16.8 Å². The van der Waals surface area contributed by atoms with Crippen LogP contribution in [0.2, 0.25) is 5.02 Å². The summed E-state index contributed by atoms with van der Waals surface area (Å²) in [6.45, 7) is 2.01. The quantitative estimate of drug-likeness (QED) is 0.779. The smallest absolute Gasteiger partial charge is 0.203 e. The largest absolute Gasteiger partial charge is 0.369 e. The first-order valence-electron chi connectivity index (χ1n) is 5.86. The fraction of sp³-hybridized carbons (Fsp3) is 0.154. The highest BCUT2D eigenvalue weighted by Gasteiger charge is 2.17. The zero-order chi connectivity index (χ0) is 13.4. The number of fused-ring (bicyclic) bond motifs is 1. The third-order valence-electron chi connectivity index (χ3n) is 3.03. The maximum atomic E-state index is 5.98. The number of nitrogen functional groups attached to an aromatic ring is 1. The van der Waals surface area contributed by atoms with Crippen LogP contribution in [0.1, 0.15) is 18.7 Å². The summed E-state index contributed by atoms with van der Waals surface area (Å²) in [5.74, 6) is 0.405. The SMILES string of the molecule is CC(c1ccccn1)n1c(N)nc2cc(Cl)cnc21. The van der Waals surface area contributed by atoms with Gasteiger partial charge in [0.1, 0.15) is 5.52 Å². The lowest BCUT2D eigenvalue weighted by atomic mass is 10.2. The van der Waals surface area contributed by atoms with E-state index in [9.17, 15) is 0 Å². The highest BCUT2D eigenvalue weighted by Crippen LogP contribution is 2.26. The Morgan fingerprint density at radius 1 is 1.32 bits per heavy atom. The summed E-state index contributed by atoms with van der Waals surface area (Å²) in [6.07, 6.45) is 3.35. The van der Waals surface area contributed by atoms with Gasteiger partial charge in [-0.3, -0.25) is 9.55 Å². The lowest BCUT2D eigenvalue weighted by Gasteiger charge is -2.14. The first-order valence-corrected chi connectivity index (χ1v) is 6.24. The molecule has 5 nitrogen and oxygen atoms in total. The van der Waals surface area contributed by atoms with E-state index in [1.165, 1.54) is 0 Å². The normalized spacial score (nSPS) is 12.7. The van der Waals surface area contributed by atoms with E-state index in [0.29, 0.717) is 22.1 Å². The Bertz CT molecular complexity index is 722. The maximum absolute atomic E-state index is 5.98. The molecule has 3 aromatic heterocycles. The van der Waals surface area contributed by atoms with Gasteiger partial charge in [-0.05, 0) is 25.1 Å². The second kappa shape index (κ2) is 4.51. The van der Waals surface area contributed by atoms with E-state index in [-0.39, 0.29) is 6.04 Å². The van der Waals surface area contributed by atoms with Crippen molar-refractivity contribution in [3.05, 3.63) is 47.4 Å². The minimum atomic E-state index is -0.0418. The first-order chi connectivity index (χ1) is 9.16. The molecule has 1 atom stereocenters. The summed E-state index contributed by atoms with van der Waals surface area (Å²) < 4.78 is 1.86. The van der Waals surface area contributed by atoms with Crippen molar-refractivity contribution in [3.63, 3.8) is 0 Å². The highest BCUT2D eigenvalue weighted by molar-refractivity contribution is 6.31. The highest BCUT2D eigenvalue weighted by atomic mass is 35.5. The van der Waals surface area contributed by atoms with Crippen molar-refractivity contribution >= 4 is 28.7 Å². The van der Waals surface area contributed by atoms with Crippen LogP contribution in [-0.4, -0.2) is 19.5 Å². The second-order valence-electron chi connectivity index (χ2n) is 4.27. The molecule has 0 radical (unpaired) electrons. The number of hydrogen-bond acceptors (Lipinski definition) is 4. The number of imidazole rings is 1. The number of halogens is 1. The molecule has 0 saturated carbocycles. The van der Waals surface area contributed by atoms with Gasteiger partial charge >= 0.3 is 0 Å². The van der Waals surface area contributed by atoms with Crippen molar-refractivity contribution < 1.29 is 0 Å². The lowest BCUT2D eigenvalue weighted by Crippen LogP contribution is -2.11.